The van der Waals surface area contributed by atoms with E-state index in [1.165, 1.54) is 0 Å². The SMILES string of the molecule is CC(C)(C)OC(=O)C[N+](CCCC(=O)O)(CC1CN(C(=O)OC(C)(C)C)C1)CC1CN(C(=O)OC(C)(C)C)C1. The highest BCUT2D eigenvalue weighted by Crippen LogP contribution is 2.29. The van der Waals surface area contributed by atoms with Gasteiger partial charge in [0.2, 0.25) is 0 Å². The van der Waals surface area contributed by atoms with E-state index >= 15 is 0 Å². The van der Waals surface area contributed by atoms with Crippen LogP contribution in [0.1, 0.15) is 75.2 Å². The molecule has 2 fully saturated rings. The normalized spacial score (nSPS) is 17.3. The molecule has 0 saturated carbocycles. The van der Waals surface area contributed by atoms with Crippen molar-refractivity contribution in [3.63, 3.8) is 0 Å². The van der Waals surface area contributed by atoms with Crippen molar-refractivity contribution in [1.82, 2.24) is 9.80 Å². The summed E-state index contributed by atoms with van der Waals surface area (Å²) in [6, 6.07) is 0. The Hall–Kier alpha value is -2.56. The van der Waals surface area contributed by atoms with E-state index in [9.17, 15) is 24.3 Å². The van der Waals surface area contributed by atoms with Crippen molar-refractivity contribution in [3.05, 3.63) is 0 Å². The van der Waals surface area contributed by atoms with Crippen LogP contribution in [0.5, 0.6) is 0 Å². The van der Waals surface area contributed by atoms with Crippen molar-refractivity contribution in [2.24, 2.45) is 11.8 Å². The monoisotopic (exact) mass is 556 g/mol. The standard InChI is InChI=1S/C28H49N3O8/c1-26(2,3)37-23(34)19-31(12-10-11-22(32)33,17-20-13-29(14-20)24(35)38-27(4,5)6)18-21-15-30(16-21)25(36)39-28(7,8)9/h20-21H,10-19H2,1-9H3/p+1. The van der Waals surface area contributed by atoms with Gasteiger partial charge < -0.3 is 33.6 Å². The lowest BCUT2D eigenvalue weighted by molar-refractivity contribution is -0.929. The summed E-state index contributed by atoms with van der Waals surface area (Å²) in [4.78, 5) is 52.7. The number of esters is 1. The third-order valence-electron chi connectivity index (χ3n) is 6.42. The Balaban J connectivity index is 2.17. The molecule has 0 unspecified atom stereocenters. The van der Waals surface area contributed by atoms with Crippen molar-refractivity contribution in [3.8, 4) is 0 Å². The van der Waals surface area contributed by atoms with Crippen LogP contribution in [0.15, 0.2) is 0 Å². The molecule has 11 heteroatoms. The van der Waals surface area contributed by atoms with Gasteiger partial charge in [0.1, 0.15) is 16.8 Å². The lowest BCUT2D eigenvalue weighted by Crippen LogP contribution is -2.65. The van der Waals surface area contributed by atoms with Gasteiger partial charge in [-0.05, 0) is 62.3 Å². The van der Waals surface area contributed by atoms with E-state index in [1.807, 2.05) is 62.3 Å². The number of ether oxygens (including phenoxy) is 3. The van der Waals surface area contributed by atoms with Crippen LogP contribution < -0.4 is 0 Å². The van der Waals surface area contributed by atoms with Crippen molar-refractivity contribution >= 4 is 24.1 Å². The first-order valence-corrected chi connectivity index (χ1v) is 13.9. The Labute approximate surface area is 233 Å². The minimum Gasteiger partial charge on any atom is -0.481 e. The van der Waals surface area contributed by atoms with Crippen LogP contribution in [0.25, 0.3) is 0 Å². The molecule has 0 spiro atoms. The molecule has 2 saturated heterocycles. The number of quaternary nitrogens is 1. The quantitative estimate of drug-likeness (QED) is 0.245. The molecule has 39 heavy (non-hydrogen) atoms. The molecule has 224 valence electrons. The molecule has 11 nitrogen and oxygen atoms in total. The second kappa shape index (κ2) is 12.3. The fourth-order valence-electron chi connectivity index (χ4n) is 5.10. The van der Waals surface area contributed by atoms with E-state index in [0.29, 0.717) is 56.7 Å². The van der Waals surface area contributed by atoms with Crippen molar-refractivity contribution < 1.29 is 43.0 Å². The molecule has 2 aliphatic heterocycles. The Morgan fingerprint density at radius 3 is 1.44 bits per heavy atom. The average molecular weight is 557 g/mol. The van der Waals surface area contributed by atoms with E-state index in [0.717, 1.165) is 0 Å². The fourth-order valence-corrected chi connectivity index (χ4v) is 5.10. The van der Waals surface area contributed by atoms with Crippen LogP contribution >= 0.6 is 0 Å². The van der Waals surface area contributed by atoms with Gasteiger partial charge in [-0.2, -0.15) is 0 Å². The summed E-state index contributed by atoms with van der Waals surface area (Å²) >= 11 is 0. The maximum absolute atomic E-state index is 13.1. The molecule has 0 aromatic heterocycles. The molecule has 0 aromatic carbocycles. The third-order valence-corrected chi connectivity index (χ3v) is 6.42. The molecule has 0 aromatic rings. The van der Waals surface area contributed by atoms with Crippen LogP contribution in [-0.4, -0.2) is 113 Å². The third kappa shape index (κ3) is 11.6. The fraction of sp³-hybridized carbons (Fsp3) is 0.857. The highest BCUT2D eigenvalue weighted by molar-refractivity contribution is 5.71. The number of rotatable bonds is 10. The van der Waals surface area contributed by atoms with Crippen molar-refractivity contribution in [2.45, 2.75) is 92.0 Å². The second-order valence-corrected chi connectivity index (χ2v) is 14.2. The van der Waals surface area contributed by atoms with Gasteiger partial charge in [-0.25, -0.2) is 14.4 Å². The molecule has 2 amide bonds. The number of carboxylic acids is 1. The molecule has 0 aliphatic carbocycles. The van der Waals surface area contributed by atoms with Crippen molar-refractivity contribution in [2.75, 3.05) is 52.4 Å². The van der Waals surface area contributed by atoms with E-state index in [1.54, 1.807) is 9.80 Å². The predicted octanol–water partition coefficient (Wildman–Crippen LogP) is 3.74. The van der Waals surface area contributed by atoms with E-state index in [2.05, 4.69) is 0 Å². The first-order chi connectivity index (χ1) is 17.7. The number of carbonyl (C=O) groups excluding carboxylic acids is 3. The summed E-state index contributed by atoms with van der Waals surface area (Å²) in [5.74, 6) is -0.965. The zero-order valence-corrected chi connectivity index (χ0v) is 25.4. The number of hydrogen-bond donors (Lipinski definition) is 1. The van der Waals surface area contributed by atoms with E-state index in [-0.39, 0.29) is 43.0 Å². The Bertz CT molecular complexity index is 842. The number of amides is 2. The van der Waals surface area contributed by atoms with Crippen LogP contribution in [0.4, 0.5) is 9.59 Å². The molecule has 2 rings (SSSR count). The minimum absolute atomic E-state index is 0.00226. The highest BCUT2D eigenvalue weighted by atomic mass is 16.6. The van der Waals surface area contributed by atoms with Gasteiger partial charge in [0.15, 0.2) is 6.54 Å². The zero-order valence-electron chi connectivity index (χ0n) is 25.4. The highest BCUT2D eigenvalue weighted by Gasteiger charge is 2.45. The summed E-state index contributed by atoms with van der Waals surface area (Å²) < 4.78 is 17.0. The maximum atomic E-state index is 13.1. The maximum Gasteiger partial charge on any atom is 0.410 e. The summed E-state index contributed by atoms with van der Waals surface area (Å²) in [6.07, 6.45) is -0.315. The summed E-state index contributed by atoms with van der Waals surface area (Å²) in [5, 5.41) is 9.29. The summed E-state index contributed by atoms with van der Waals surface area (Å²) in [6.45, 7) is 20.2. The minimum atomic E-state index is -0.884. The van der Waals surface area contributed by atoms with Crippen LogP contribution in [-0.2, 0) is 23.8 Å². The molecule has 0 atom stereocenters. The van der Waals surface area contributed by atoms with Gasteiger partial charge in [-0.3, -0.25) is 4.79 Å². The lowest BCUT2D eigenvalue weighted by atomic mass is 9.94. The van der Waals surface area contributed by atoms with Crippen LogP contribution in [0, 0.1) is 11.8 Å². The van der Waals surface area contributed by atoms with Gasteiger partial charge >= 0.3 is 24.1 Å². The zero-order chi connectivity index (χ0) is 29.8. The number of carbonyl (C=O) groups is 4. The largest absolute Gasteiger partial charge is 0.481 e. The molecule has 0 radical (unpaired) electrons. The van der Waals surface area contributed by atoms with Gasteiger partial charge in [0.05, 0.1) is 26.1 Å². The first kappa shape index (κ1) is 32.7. The molecule has 2 aliphatic rings. The summed E-state index contributed by atoms with van der Waals surface area (Å²) in [5.41, 5.74) is -1.82. The molecule has 1 N–H and O–H groups in total. The van der Waals surface area contributed by atoms with Gasteiger partial charge in [0, 0.05) is 44.4 Å². The summed E-state index contributed by atoms with van der Waals surface area (Å²) in [7, 11) is 0. The average Bonchev–Trinajstić information content (AvgIpc) is 2.61. The Morgan fingerprint density at radius 1 is 0.718 bits per heavy atom. The molecular formula is C28H50N3O8+. The molecular weight excluding hydrogens is 506 g/mol. The van der Waals surface area contributed by atoms with Gasteiger partial charge in [-0.15, -0.1) is 0 Å². The van der Waals surface area contributed by atoms with Gasteiger partial charge in [-0.1, -0.05) is 0 Å². The van der Waals surface area contributed by atoms with Gasteiger partial charge in [0.25, 0.3) is 0 Å². The van der Waals surface area contributed by atoms with E-state index < -0.39 is 22.8 Å². The first-order valence-electron chi connectivity index (χ1n) is 13.9. The molecule has 2 heterocycles. The number of hydrogen-bond acceptors (Lipinski definition) is 7. The number of aliphatic carboxylic acids is 1. The second-order valence-electron chi connectivity index (χ2n) is 14.2. The Morgan fingerprint density at radius 2 is 1.10 bits per heavy atom. The smallest absolute Gasteiger partial charge is 0.410 e. The number of carboxylic acid groups (broad SMARTS) is 1. The predicted molar refractivity (Wildman–Crippen MR) is 145 cm³/mol. The lowest BCUT2D eigenvalue weighted by Gasteiger charge is -2.49. The van der Waals surface area contributed by atoms with Crippen LogP contribution in [0.2, 0.25) is 0 Å². The van der Waals surface area contributed by atoms with Crippen molar-refractivity contribution in [1.29, 1.82) is 0 Å². The van der Waals surface area contributed by atoms with Crippen LogP contribution in [0.3, 0.4) is 0 Å². The Kier molecular flexibility index (Phi) is 10.3. The topological polar surface area (TPSA) is 123 Å². The number of likely N-dealkylation sites (tertiary alicyclic amines) is 2. The van der Waals surface area contributed by atoms with E-state index in [4.69, 9.17) is 14.2 Å². The number of nitrogens with zero attached hydrogens (tertiary/aromatic N) is 3. The molecule has 0 bridgehead atoms.